The lowest BCUT2D eigenvalue weighted by Gasteiger charge is -2.12. The highest BCUT2D eigenvalue weighted by atomic mass is 32.2. The number of nitrogens with one attached hydrogen (secondary N) is 3. The van der Waals surface area contributed by atoms with E-state index in [4.69, 9.17) is 0 Å². The fourth-order valence-corrected chi connectivity index (χ4v) is 3.26. The first-order valence-electron chi connectivity index (χ1n) is 8.21. The van der Waals surface area contributed by atoms with Gasteiger partial charge in [0, 0.05) is 29.7 Å². The van der Waals surface area contributed by atoms with Crippen molar-refractivity contribution in [2.75, 3.05) is 24.0 Å². The number of carbonyl (C=O) groups excluding carboxylic acids is 2. The Morgan fingerprint density at radius 1 is 1.03 bits per heavy atom. The van der Waals surface area contributed by atoms with Crippen molar-refractivity contribution in [3.8, 4) is 0 Å². The van der Waals surface area contributed by atoms with Crippen molar-refractivity contribution in [1.29, 1.82) is 0 Å². The van der Waals surface area contributed by atoms with Crippen molar-refractivity contribution in [3.05, 3.63) is 53.6 Å². The van der Waals surface area contributed by atoms with Crippen LogP contribution in [0.1, 0.15) is 17.6 Å². The molecule has 2 aromatic carbocycles. The van der Waals surface area contributed by atoms with Crippen LogP contribution in [0.4, 0.5) is 29.7 Å². The van der Waals surface area contributed by atoms with Crippen molar-refractivity contribution in [2.24, 2.45) is 0 Å². The van der Waals surface area contributed by atoms with Crippen LogP contribution >= 0.6 is 0 Å². The van der Waals surface area contributed by atoms with E-state index in [1.54, 1.807) is 24.3 Å². The molecule has 0 atom stereocenters. The van der Waals surface area contributed by atoms with Gasteiger partial charge in [-0.1, -0.05) is 12.1 Å². The SMILES string of the molecule is COC(=O)Nc1ccc(CNC(=O)Nc2ccc(S(C)(=O)=O)c(C(F)F)c2)cc1. The second-order valence-corrected chi connectivity index (χ2v) is 7.93. The first-order chi connectivity index (χ1) is 13.6. The molecule has 156 valence electrons. The van der Waals surface area contributed by atoms with Crippen LogP contribution < -0.4 is 16.0 Å². The van der Waals surface area contributed by atoms with Gasteiger partial charge in [-0.25, -0.2) is 26.8 Å². The van der Waals surface area contributed by atoms with Crippen molar-refractivity contribution >= 4 is 33.3 Å². The smallest absolute Gasteiger partial charge is 0.411 e. The maximum Gasteiger partial charge on any atom is 0.411 e. The molecule has 0 unspecified atom stereocenters. The van der Waals surface area contributed by atoms with Gasteiger partial charge in [0.25, 0.3) is 6.43 Å². The Balaban J connectivity index is 1.99. The van der Waals surface area contributed by atoms with Crippen LogP contribution in [0, 0.1) is 0 Å². The molecule has 0 aromatic heterocycles. The van der Waals surface area contributed by atoms with Crippen LogP contribution in [-0.2, 0) is 21.1 Å². The van der Waals surface area contributed by atoms with E-state index < -0.39 is 38.8 Å². The first kappa shape index (κ1) is 22.1. The first-order valence-corrected chi connectivity index (χ1v) is 10.1. The maximum atomic E-state index is 13.2. The Morgan fingerprint density at radius 3 is 2.21 bits per heavy atom. The molecule has 0 saturated carbocycles. The van der Waals surface area contributed by atoms with Gasteiger partial charge in [-0.2, -0.15) is 0 Å². The third-order valence-corrected chi connectivity index (χ3v) is 4.91. The van der Waals surface area contributed by atoms with Gasteiger partial charge in [0.1, 0.15) is 0 Å². The summed E-state index contributed by atoms with van der Waals surface area (Å²) in [4.78, 5) is 22.6. The topological polar surface area (TPSA) is 114 Å². The maximum absolute atomic E-state index is 13.2. The average Bonchev–Trinajstić information content (AvgIpc) is 2.66. The Morgan fingerprint density at radius 2 is 1.66 bits per heavy atom. The molecule has 3 N–H and O–H groups in total. The second-order valence-electron chi connectivity index (χ2n) is 5.95. The zero-order valence-corrected chi connectivity index (χ0v) is 16.3. The number of hydrogen-bond acceptors (Lipinski definition) is 5. The Labute approximate surface area is 166 Å². The number of methoxy groups -OCH3 is 1. The van der Waals surface area contributed by atoms with Gasteiger partial charge in [0.15, 0.2) is 9.84 Å². The molecule has 2 rings (SSSR count). The molecule has 0 aliphatic carbocycles. The zero-order chi connectivity index (χ0) is 21.6. The molecule has 0 heterocycles. The molecular weight excluding hydrogens is 408 g/mol. The molecule has 0 bridgehead atoms. The second kappa shape index (κ2) is 9.32. The lowest BCUT2D eigenvalue weighted by molar-refractivity contribution is 0.148. The predicted octanol–water partition coefficient (Wildman–Crippen LogP) is 3.53. The molecule has 0 radical (unpaired) electrons. The monoisotopic (exact) mass is 427 g/mol. The molecule has 8 nitrogen and oxygen atoms in total. The van der Waals surface area contributed by atoms with Gasteiger partial charge < -0.3 is 15.4 Å². The van der Waals surface area contributed by atoms with E-state index in [1.165, 1.54) is 13.2 Å². The molecule has 29 heavy (non-hydrogen) atoms. The lowest BCUT2D eigenvalue weighted by Crippen LogP contribution is -2.28. The number of halogens is 2. The third-order valence-electron chi connectivity index (χ3n) is 3.74. The number of rotatable bonds is 6. The summed E-state index contributed by atoms with van der Waals surface area (Å²) in [5.74, 6) is 0. The van der Waals surface area contributed by atoms with Crippen LogP contribution in [0.25, 0.3) is 0 Å². The summed E-state index contributed by atoms with van der Waals surface area (Å²) in [5, 5.41) is 7.40. The van der Waals surface area contributed by atoms with Crippen LogP contribution in [0.2, 0.25) is 0 Å². The van der Waals surface area contributed by atoms with E-state index in [1.807, 2.05) is 0 Å². The summed E-state index contributed by atoms with van der Waals surface area (Å²) in [5.41, 5.74) is 0.577. The predicted molar refractivity (Wildman–Crippen MR) is 103 cm³/mol. The summed E-state index contributed by atoms with van der Waals surface area (Å²) in [6, 6.07) is 9.09. The quantitative estimate of drug-likeness (QED) is 0.653. The van der Waals surface area contributed by atoms with E-state index in [0.29, 0.717) is 5.69 Å². The number of alkyl halides is 2. The minimum Gasteiger partial charge on any atom is -0.453 e. The molecule has 0 saturated heterocycles. The molecule has 2 aromatic rings. The fraction of sp³-hybridized carbons (Fsp3) is 0.222. The molecule has 3 amide bonds. The number of sulfone groups is 1. The third kappa shape index (κ3) is 6.42. The number of hydrogen-bond donors (Lipinski definition) is 3. The number of amides is 3. The van der Waals surface area contributed by atoms with Gasteiger partial charge in [-0.05, 0) is 35.9 Å². The van der Waals surface area contributed by atoms with E-state index in [9.17, 15) is 26.8 Å². The Bertz CT molecular complexity index is 995. The molecule has 0 aliphatic rings. The Kier molecular flexibility index (Phi) is 7.10. The van der Waals surface area contributed by atoms with E-state index in [2.05, 4.69) is 20.7 Å². The van der Waals surface area contributed by atoms with Crippen molar-refractivity contribution in [2.45, 2.75) is 17.9 Å². The van der Waals surface area contributed by atoms with E-state index >= 15 is 0 Å². The molecule has 0 fully saturated rings. The molecule has 11 heteroatoms. The number of anilines is 2. The van der Waals surface area contributed by atoms with Gasteiger partial charge >= 0.3 is 12.1 Å². The van der Waals surface area contributed by atoms with Crippen LogP contribution in [-0.4, -0.2) is 33.9 Å². The van der Waals surface area contributed by atoms with Gasteiger partial charge in [-0.15, -0.1) is 0 Å². The zero-order valence-electron chi connectivity index (χ0n) is 15.5. The number of benzene rings is 2. The normalized spacial score (nSPS) is 11.1. The van der Waals surface area contributed by atoms with Gasteiger partial charge in [-0.3, -0.25) is 5.32 Å². The number of urea groups is 1. The number of ether oxygens (including phenoxy) is 1. The highest BCUT2D eigenvalue weighted by Crippen LogP contribution is 2.29. The summed E-state index contributed by atoms with van der Waals surface area (Å²) in [7, 11) is -2.58. The molecule has 0 spiro atoms. The number of carbonyl (C=O) groups is 2. The largest absolute Gasteiger partial charge is 0.453 e. The van der Waals surface area contributed by atoms with Gasteiger partial charge in [0.05, 0.1) is 12.0 Å². The van der Waals surface area contributed by atoms with Crippen molar-refractivity contribution in [1.82, 2.24) is 5.32 Å². The summed E-state index contributed by atoms with van der Waals surface area (Å²) >= 11 is 0. The fourth-order valence-electron chi connectivity index (χ4n) is 2.37. The van der Waals surface area contributed by atoms with Crippen LogP contribution in [0.5, 0.6) is 0 Å². The highest BCUT2D eigenvalue weighted by Gasteiger charge is 2.20. The average molecular weight is 427 g/mol. The minimum absolute atomic E-state index is 0.0304. The molecule has 0 aliphatic heterocycles. The summed E-state index contributed by atoms with van der Waals surface area (Å²) < 4.78 is 54.0. The van der Waals surface area contributed by atoms with Crippen LogP contribution in [0.3, 0.4) is 0 Å². The standard InChI is InChI=1S/C18H19F2N3O5S/c1-28-18(25)23-12-5-3-11(4-6-12)10-21-17(24)22-13-7-8-15(29(2,26)27)14(9-13)16(19)20/h3-9,16H,10H2,1-2H3,(H,23,25)(H2,21,22,24). The lowest BCUT2D eigenvalue weighted by atomic mass is 10.2. The van der Waals surface area contributed by atoms with Crippen LogP contribution in [0.15, 0.2) is 47.4 Å². The van der Waals surface area contributed by atoms with Crippen molar-refractivity contribution < 1.29 is 31.5 Å². The Hall–Kier alpha value is -3.21. The highest BCUT2D eigenvalue weighted by molar-refractivity contribution is 7.90. The van der Waals surface area contributed by atoms with Gasteiger partial charge in [0.2, 0.25) is 0 Å². The molecular formula is C18H19F2N3O5S. The summed E-state index contributed by atoms with van der Waals surface area (Å²) in [6.07, 6.45) is -2.79. The minimum atomic E-state index is -3.83. The summed E-state index contributed by atoms with van der Waals surface area (Å²) in [6.45, 7) is 0.132. The van der Waals surface area contributed by atoms with E-state index in [0.717, 1.165) is 24.0 Å². The van der Waals surface area contributed by atoms with Crippen molar-refractivity contribution in [3.63, 3.8) is 0 Å². The van der Waals surface area contributed by atoms with E-state index in [-0.39, 0.29) is 12.2 Å².